The van der Waals surface area contributed by atoms with E-state index >= 15 is 0 Å². The van der Waals surface area contributed by atoms with E-state index in [1.165, 1.54) is 25.7 Å². The van der Waals surface area contributed by atoms with E-state index in [4.69, 9.17) is 18.5 Å². The van der Waals surface area contributed by atoms with E-state index < -0.39 is 32.5 Å². The summed E-state index contributed by atoms with van der Waals surface area (Å²) in [6.07, 6.45) is 61.1. The summed E-state index contributed by atoms with van der Waals surface area (Å²) >= 11 is 0. The summed E-state index contributed by atoms with van der Waals surface area (Å²) in [5.41, 5.74) is 0. The predicted molar refractivity (Wildman–Crippen MR) is 260 cm³/mol. The highest BCUT2D eigenvalue weighted by molar-refractivity contribution is 7.47. The number of quaternary nitrogens is 1. The zero-order valence-electron chi connectivity index (χ0n) is 39.0. The van der Waals surface area contributed by atoms with Crippen LogP contribution in [0.25, 0.3) is 0 Å². The standard InChI is InChI=1S/C52H82NO8P/c1-6-8-10-12-14-16-18-20-22-24-26-28-30-32-34-36-38-40-42-44-51(54)58-48-50(49-60-62(56,57)59-47-46-53(3,4)5)61-52(55)45-43-41-39-37-35-33-31-29-27-25-23-21-19-17-15-13-11-9-7-2/h9,11,14-17,20-23,26-29,32-35,38-41,50H,6-8,10,12-13,18-19,24-25,30-31,36-37,42-49H2,1-5H3/p+1/b11-9+,16-14+,17-15+,22-20+,23-21+,28-26+,29-27+,34-32+,35-33+,40-38+,41-39+/t50-/m1/s1. The maximum Gasteiger partial charge on any atom is 0.472 e. The molecule has 0 aliphatic rings. The minimum Gasteiger partial charge on any atom is -0.462 e. The van der Waals surface area contributed by atoms with E-state index in [2.05, 4.69) is 123 Å². The molecule has 348 valence electrons. The van der Waals surface area contributed by atoms with Gasteiger partial charge in [-0.15, -0.1) is 0 Å². The summed E-state index contributed by atoms with van der Waals surface area (Å²) in [6.45, 7) is 4.07. The third-order valence-electron chi connectivity index (χ3n) is 8.69. The molecule has 0 aromatic rings. The Kier molecular flexibility index (Phi) is 39.8. The minimum absolute atomic E-state index is 0.00138. The topological polar surface area (TPSA) is 108 Å². The highest BCUT2D eigenvalue weighted by atomic mass is 31.2. The number of carbonyl (C=O) groups excluding carboxylic acids is 2. The summed E-state index contributed by atoms with van der Waals surface area (Å²) in [4.78, 5) is 35.4. The van der Waals surface area contributed by atoms with Crippen molar-refractivity contribution in [3.8, 4) is 0 Å². The van der Waals surface area contributed by atoms with Gasteiger partial charge in [0.05, 0.1) is 27.7 Å². The van der Waals surface area contributed by atoms with Crippen LogP contribution < -0.4 is 0 Å². The summed E-state index contributed by atoms with van der Waals surface area (Å²) in [6, 6.07) is 0. The molecule has 0 radical (unpaired) electrons. The first-order chi connectivity index (χ1) is 30.0. The molecular formula is C52H83NO8P+. The fraction of sp³-hybridized carbons (Fsp3) is 0.538. The Morgan fingerprint density at radius 2 is 0.903 bits per heavy atom. The molecule has 0 aliphatic heterocycles. The number of likely N-dealkylation sites (N-methyl/N-ethyl adjacent to an activating group) is 1. The van der Waals surface area contributed by atoms with Gasteiger partial charge >= 0.3 is 19.8 Å². The molecule has 0 spiro atoms. The van der Waals surface area contributed by atoms with Crippen molar-refractivity contribution < 1.29 is 42.1 Å². The molecule has 9 nitrogen and oxygen atoms in total. The number of allylic oxidation sites excluding steroid dienone is 22. The number of ether oxygens (including phenoxy) is 2. The number of hydrogen-bond donors (Lipinski definition) is 1. The third-order valence-corrected chi connectivity index (χ3v) is 9.68. The van der Waals surface area contributed by atoms with Crippen molar-refractivity contribution in [2.45, 2.75) is 136 Å². The number of unbranched alkanes of at least 4 members (excludes halogenated alkanes) is 3. The molecule has 0 saturated carbocycles. The Hall–Kier alpha value is -3.85. The summed E-state index contributed by atoms with van der Waals surface area (Å²) < 4.78 is 34.1. The van der Waals surface area contributed by atoms with Crippen LogP contribution in [0.2, 0.25) is 0 Å². The predicted octanol–water partition coefficient (Wildman–Crippen LogP) is 13.5. The van der Waals surface area contributed by atoms with Crippen LogP contribution in [0.3, 0.4) is 0 Å². The molecule has 0 fully saturated rings. The number of hydrogen-bond acceptors (Lipinski definition) is 7. The summed E-state index contributed by atoms with van der Waals surface area (Å²) in [5, 5.41) is 0. The van der Waals surface area contributed by atoms with Gasteiger partial charge in [0.15, 0.2) is 6.10 Å². The second-order valence-electron chi connectivity index (χ2n) is 15.7. The molecule has 10 heteroatoms. The van der Waals surface area contributed by atoms with E-state index in [1.54, 1.807) is 0 Å². The summed E-state index contributed by atoms with van der Waals surface area (Å²) in [5.74, 6) is -1.01. The quantitative estimate of drug-likeness (QED) is 0.0214. The van der Waals surface area contributed by atoms with Gasteiger partial charge < -0.3 is 18.9 Å². The van der Waals surface area contributed by atoms with Crippen molar-refractivity contribution in [3.63, 3.8) is 0 Å². The van der Waals surface area contributed by atoms with Crippen LogP contribution in [-0.2, 0) is 32.7 Å². The highest BCUT2D eigenvalue weighted by Crippen LogP contribution is 2.43. The van der Waals surface area contributed by atoms with Crippen LogP contribution in [0.4, 0.5) is 0 Å². The van der Waals surface area contributed by atoms with Crippen LogP contribution in [-0.4, -0.2) is 74.9 Å². The third kappa shape index (κ3) is 45.7. The van der Waals surface area contributed by atoms with Crippen molar-refractivity contribution in [1.29, 1.82) is 0 Å². The number of phosphoric acid groups is 1. The number of rotatable bonds is 39. The molecule has 0 aliphatic carbocycles. The van der Waals surface area contributed by atoms with Crippen molar-refractivity contribution in [2.24, 2.45) is 0 Å². The molecule has 62 heavy (non-hydrogen) atoms. The van der Waals surface area contributed by atoms with E-state index in [-0.39, 0.29) is 26.1 Å². The van der Waals surface area contributed by atoms with Crippen LogP contribution >= 0.6 is 7.82 Å². The molecule has 1 N–H and O–H groups in total. The van der Waals surface area contributed by atoms with E-state index in [0.717, 1.165) is 64.2 Å². The van der Waals surface area contributed by atoms with Crippen LogP contribution in [0.5, 0.6) is 0 Å². The van der Waals surface area contributed by atoms with Crippen molar-refractivity contribution >= 4 is 19.8 Å². The van der Waals surface area contributed by atoms with Gasteiger partial charge in [0.2, 0.25) is 0 Å². The first-order valence-electron chi connectivity index (χ1n) is 22.9. The van der Waals surface area contributed by atoms with Gasteiger partial charge in [-0.1, -0.05) is 160 Å². The lowest BCUT2D eigenvalue weighted by atomic mass is 10.2. The van der Waals surface area contributed by atoms with Crippen molar-refractivity contribution in [1.82, 2.24) is 0 Å². The van der Waals surface area contributed by atoms with Crippen molar-refractivity contribution in [3.05, 3.63) is 134 Å². The Bertz CT molecular complexity index is 1510. The van der Waals surface area contributed by atoms with Gasteiger partial charge in [0.1, 0.15) is 19.8 Å². The van der Waals surface area contributed by atoms with E-state index in [0.29, 0.717) is 23.9 Å². The number of esters is 2. The van der Waals surface area contributed by atoms with Gasteiger partial charge in [-0.05, 0) is 89.9 Å². The average Bonchev–Trinajstić information content (AvgIpc) is 3.23. The fourth-order valence-electron chi connectivity index (χ4n) is 5.14. The first kappa shape index (κ1) is 58.1. The van der Waals surface area contributed by atoms with Gasteiger partial charge in [-0.25, -0.2) is 4.57 Å². The molecule has 0 bridgehead atoms. The SMILES string of the molecule is CC/C=C/C/C=C/C/C=C/C/C=C/C/C=C/C/C=C/CCC(=O)O[C@H](COC(=O)CC/C=C/C/C=C/C/C=C/C/C=C/C/C=C/CCCCC)COP(=O)(O)OCC[N+](C)(C)C. The fourth-order valence-corrected chi connectivity index (χ4v) is 5.88. The second kappa shape index (κ2) is 42.5. The smallest absolute Gasteiger partial charge is 0.462 e. The minimum atomic E-state index is -4.42. The molecule has 0 saturated heterocycles. The maximum absolute atomic E-state index is 12.7. The van der Waals surface area contributed by atoms with Gasteiger partial charge in [-0.3, -0.25) is 18.6 Å². The molecule has 2 atom stereocenters. The van der Waals surface area contributed by atoms with Gasteiger partial charge in [-0.2, -0.15) is 0 Å². The average molecular weight is 881 g/mol. The van der Waals surface area contributed by atoms with Gasteiger partial charge in [0.25, 0.3) is 0 Å². The number of carbonyl (C=O) groups is 2. The number of nitrogens with zero attached hydrogens (tertiary/aromatic N) is 1. The monoisotopic (exact) mass is 881 g/mol. The number of phosphoric ester groups is 1. The normalized spacial score (nSPS) is 14.7. The Morgan fingerprint density at radius 1 is 0.516 bits per heavy atom. The zero-order chi connectivity index (χ0) is 45.7. The molecular weight excluding hydrogens is 798 g/mol. The molecule has 0 aromatic carbocycles. The molecule has 0 heterocycles. The van der Waals surface area contributed by atoms with E-state index in [1.807, 2.05) is 45.4 Å². The maximum atomic E-state index is 12.7. The molecule has 0 aromatic heterocycles. The zero-order valence-corrected chi connectivity index (χ0v) is 39.9. The van der Waals surface area contributed by atoms with Gasteiger partial charge in [0, 0.05) is 12.8 Å². The lowest BCUT2D eigenvalue weighted by molar-refractivity contribution is -0.870. The lowest BCUT2D eigenvalue weighted by Crippen LogP contribution is -2.37. The van der Waals surface area contributed by atoms with Crippen LogP contribution in [0.15, 0.2) is 134 Å². The van der Waals surface area contributed by atoms with Crippen LogP contribution in [0, 0.1) is 0 Å². The Labute approximate surface area is 377 Å². The molecule has 0 rings (SSSR count). The largest absolute Gasteiger partial charge is 0.472 e. The Morgan fingerprint density at radius 3 is 1.31 bits per heavy atom. The summed E-state index contributed by atoms with van der Waals surface area (Å²) in [7, 11) is 1.37. The molecule has 1 unspecified atom stereocenters. The molecule has 0 amide bonds. The lowest BCUT2D eigenvalue weighted by Gasteiger charge is -2.24. The first-order valence-corrected chi connectivity index (χ1v) is 24.4. The van der Waals surface area contributed by atoms with Crippen LogP contribution in [0.1, 0.15) is 129 Å². The van der Waals surface area contributed by atoms with E-state index in [9.17, 15) is 19.0 Å². The second-order valence-corrected chi connectivity index (χ2v) is 17.1. The van der Waals surface area contributed by atoms with Crippen molar-refractivity contribution in [2.75, 3.05) is 47.5 Å². The highest BCUT2D eigenvalue weighted by Gasteiger charge is 2.27. The Balaban J connectivity index is 4.61.